The van der Waals surface area contributed by atoms with Crippen LogP contribution >= 0.6 is 11.6 Å². The maximum Gasteiger partial charge on any atom is 0.451 e. The van der Waals surface area contributed by atoms with E-state index in [1.54, 1.807) is 0 Å². The van der Waals surface area contributed by atoms with Crippen LogP contribution in [0.1, 0.15) is 19.2 Å². The van der Waals surface area contributed by atoms with E-state index in [9.17, 15) is 13.2 Å². The molecule has 0 spiro atoms. The first-order valence-corrected chi connectivity index (χ1v) is 5.61. The second kappa shape index (κ2) is 6.19. The lowest BCUT2D eigenvalue weighted by molar-refractivity contribution is -0.144. The quantitative estimate of drug-likeness (QED) is 0.844. The molecule has 1 aromatic heterocycles. The van der Waals surface area contributed by atoms with E-state index in [1.165, 1.54) is 13.2 Å². The summed E-state index contributed by atoms with van der Waals surface area (Å²) in [6.45, 7) is 2.24. The van der Waals surface area contributed by atoms with Crippen molar-refractivity contribution in [2.45, 2.75) is 25.6 Å². The molecule has 0 fully saturated rings. The third-order valence-corrected chi connectivity index (χ3v) is 2.35. The molecule has 0 radical (unpaired) electrons. The first-order chi connectivity index (χ1) is 8.36. The third-order valence-electron chi connectivity index (χ3n) is 2.16. The van der Waals surface area contributed by atoms with Gasteiger partial charge >= 0.3 is 6.18 Å². The lowest BCUT2D eigenvalue weighted by atomic mass is 10.2. The summed E-state index contributed by atoms with van der Waals surface area (Å²) in [5.74, 6) is -1.23. The maximum absolute atomic E-state index is 12.5. The molecule has 102 valence electrons. The summed E-state index contributed by atoms with van der Waals surface area (Å²) in [6.07, 6.45) is -3.94. The predicted molar refractivity (Wildman–Crippen MR) is 61.6 cm³/mol. The molecule has 0 saturated carbocycles. The topological polar surface area (TPSA) is 47.0 Å². The Bertz CT molecular complexity index is 400. The number of rotatable bonds is 5. The smallest absolute Gasteiger partial charge is 0.383 e. The summed E-state index contributed by atoms with van der Waals surface area (Å²) in [5, 5.41) is 2.57. The molecule has 0 aliphatic rings. The van der Waals surface area contributed by atoms with Crippen molar-refractivity contribution in [1.29, 1.82) is 0 Å². The van der Waals surface area contributed by atoms with Crippen LogP contribution in [-0.4, -0.2) is 29.7 Å². The summed E-state index contributed by atoms with van der Waals surface area (Å²) in [4.78, 5) is 6.53. The standard InChI is InChI=1S/C10H13ClF3N3O/c1-3-6(5-18-2)15-8-4-7(11)16-9(17-8)10(12,13)14/h4,6H,3,5H2,1-2H3,(H,15,16,17). The minimum absolute atomic E-state index is 0.0335. The average Bonchev–Trinajstić information content (AvgIpc) is 2.26. The van der Waals surface area contributed by atoms with Gasteiger partial charge in [-0.15, -0.1) is 0 Å². The molecule has 1 N–H and O–H groups in total. The highest BCUT2D eigenvalue weighted by Crippen LogP contribution is 2.28. The van der Waals surface area contributed by atoms with Crippen LogP contribution in [-0.2, 0) is 10.9 Å². The molecule has 0 saturated heterocycles. The zero-order chi connectivity index (χ0) is 13.8. The lowest BCUT2D eigenvalue weighted by Crippen LogP contribution is -2.25. The third kappa shape index (κ3) is 4.30. The molecule has 8 heteroatoms. The summed E-state index contributed by atoms with van der Waals surface area (Å²) in [5.41, 5.74) is 0. The normalized spacial score (nSPS) is 13.4. The van der Waals surface area contributed by atoms with Crippen LogP contribution in [0.5, 0.6) is 0 Å². The molecular weight excluding hydrogens is 271 g/mol. The van der Waals surface area contributed by atoms with Crippen molar-refractivity contribution in [3.05, 3.63) is 17.0 Å². The minimum atomic E-state index is -4.62. The van der Waals surface area contributed by atoms with Gasteiger partial charge in [-0.25, -0.2) is 9.97 Å². The van der Waals surface area contributed by atoms with Crippen molar-refractivity contribution in [1.82, 2.24) is 9.97 Å². The summed E-state index contributed by atoms with van der Waals surface area (Å²) in [6, 6.07) is 1.11. The number of nitrogens with zero attached hydrogens (tertiary/aromatic N) is 2. The van der Waals surface area contributed by atoms with Gasteiger partial charge in [0, 0.05) is 13.2 Å². The van der Waals surface area contributed by atoms with Crippen molar-refractivity contribution >= 4 is 17.4 Å². The lowest BCUT2D eigenvalue weighted by Gasteiger charge is -2.17. The van der Waals surface area contributed by atoms with E-state index in [4.69, 9.17) is 16.3 Å². The van der Waals surface area contributed by atoms with Crippen LogP contribution < -0.4 is 5.32 Å². The average molecular weight is 284 g/mol. The molecule has 1 aromatic rings. The highest BCUT2D eigenvalue weighted by atomic mass is 35.5. The second-order valence-electron chi connectivity index (χ2n) is 3.60. The maximum atomic E-state index is 12.5. The number of hydrogen-bond acceptors (Lipinski definition) is 4. The number of nitrogens with one attached hydrogen (secondary N) is 1. The van der Waals surface area contributed by atoms with E-state index in [0.29, 0.717) is 13.0 Å². The molecule has 0 aliphatic heterocycles. The van der Waals surface area contributed by atoms with Crippen LogP contribution in [0.2, 0.25) is 5.15 Å². The molecular formula is C10H13ClF3N3O. The largest absolute Gasteiger partial charge is 0.451 e. The number of alkyl halides is 3. The Labute approximate surface area is 108 Å². The number of methoxy groups -OCH3 is 1. The Morgan fingerprint density at radius 1 is 1.44 bits per heavy atom. The van der Waals surface area contributed by atoms with Crippen LogP contribution in [0, 0.1) is 0 Å². The summed E-state index contributed by atoms with van der Waals surface area (Å²) < 4.78 is 42.4. The highest BCUT2D eigenvalue weighted by Gasteiger charge is 2.35. The molecule has 0 bridgehead atoms. The van der Waals surface area contributed by atoms with Crippen LogP contribution in [0.3, 0.4) is 0 Å². The molecule has 1 heterocycles. The predicted octanol–water partition coefficient (Wildman–Crippen LogP) is 2.99. The van der Waals surface area contributed by atoms with Gasteiger partial charge in [0.05, 0.1) is 12.6 Å². The molecule has 1 atom stereocenters. The highest BCUT2D eigenvalue weighted by molar-refractivity contribution is 6.29. The second-order valence-corrected chi connectivity index (χ2v) is 3.99. The van der Waals surface area contributed by atoms with E-state index in [1.807, 2.05) is 6.92 Å². The monoisotopic (exact) mass is 283 g/mol. The van der Waals surface area contributed by atoms with E-state index in [-0.39, 0.29) is 17.0 Å². The van der Waals surface area contributed by atoms with Crippen LogP contribution in [0.25, 0.3) is 0 Å². The fourth-order valence-corrected chi connectivity index (χ4v) is 1.47. The van der Waals surface area contributed by atoms with Gasteiger partial charge in [-0.3, -0.25) is 0 Å². The Morgan fingerprint density at radius 2 is 2.11 bits per heavy atom. The molecule has 4 nitrogen and oxygen atoms in total. The van der Waals surface area contributed by atoms with Crippen molar-refractivity contribution in [2.75, 3.05) is 19.0 Å². The number of aromatic nitrogens is 2. The molecule has 1 rings (SSSR count). The molecule has 0 aliphatic carbocycles. The van der Waals surface area contributed by atoms with Gasteiger partial charge in [0.1, 0.15) is 11.0 Å². The minimum Gasteiger partial charge on any atom is -0.383 e. The van der Waals surface area contributed by atoms with E-state index in [0.717, 1.165) is 0 Å². The number of anilines is 1. The molecule has 18 heavy (non-hydrogen) atoms. The molecule has 0 aromatic carbocycles. The van der Waals surface area contributed by atoms with Crippen LogP contribution in [0.4, 0.5) is 19.0 Å². The van der Waals surface area contributed by atoms with Gasteiger partial charge < -0.3 is 10.1 Å². The first kappa shape index (κ1) is 15.0. The SMILES string of the molecule is CCC(COC)Nc1cc(Cl)nc(C(F)(F)F)n1. The van der Waals surface area contributed by atoms with Gasteiger partial charge in [0.2, 0.25) is 5.82 Å². The van der Waals surface area contributed by atoms with E-state index in [2.05, 4.69) is 15.3 Å². The van der Waals surface area contributed by atoms with Gasteiger partial charge in [0.15, 0.2) is 0 Å². The van der Waals surface area contributed by atoms with Crippen molar-refractivity contribution in [3.63, 3.8) is 0 Å². The Kier molecular flexibility index (Phi) is 5.15. The van der Waals surface area contributed by atoms with Gasteiger partial charge in [-0.1, -0.05) is 18.5 Å². The van der Waals surface area contributed by atoms with E-state index >= 15 is 0 Å². The summed E-state index contributed by atoms with van der Waals surface area (Å²) in [7, 11) is 1.51. The fraction of sp³-hybridized carbons (Fsp3) is 0.600. The van der Waals surface area contributed by atoms with Gasteiger partial charge in [-0.05, 0) is 6.42 Å². The number of hydrogen-bond donors (Lipinski definition) is 1. The van der Waals surface area contributed by atoms with Gasteiger partial charge in [-0.2, -0.15) is 13.2 Å². The Balaban J connectivity index is 2.92. The molecule has 0 amide bonds. The zero-order valence-corrected chi connectivity index (χ0v) is 10.6. The number of halogens is 4. The number of ether oxygens (including phenoxy) is 1. The van der Waals surface area contributed by atoms with Gasteiger partial charge in [0.25, 0.3) is 0 Å². The van der Waals surface area contributed by atoms with Crippen molar-refractivity contribution < 1.29 is 17.9 Å². The van der Waals surface area contributed by atoms with Crippen molar-refractivity contribution in [2.24, 2.45) is 0 Å². The van der Waals surface area contributed by atoms with Crippen molar-refractivity contribution in [3.8, 4) is 0 Å². The Morgan fingerprint density at radius 3 is 2.61 bits per heavy atom. The first-order valence-electron chi connectivity index (χ1n) is 5.24. The fourth-order valence-electron chi connectivity index (χ4n) is 1.29. The Hall–Kier alpha value is -1.08. The van der Waals surface area contributed by atoms with E-state index < -0.39 is 12.0 Å². The zero-order valence-electron chi connectivity index (χ0n) is 9.88. The summed E-state index contributed by atoms with van der Waals surface area (Å²) >= 11 is 5.54. The van der Waals surface area contributed by atoms with Crippen LogP contribution in [0.15, 0.2) is 6.07 Å². The molecule has 1 unspecified atom stereocenters.